The van der Waals surface area contributed by atoms with Crippen molar-refractivity contribution < 1.29 is 23.9 Å². The molecule has 1 N–H and O–H groups in total. The van der Waals surface area contributed by atoms with Gasteiger partial charge in [0.2, 0.25) is 11.8 Å². The quantitative estimate of drug-likeness (QED) is 0.314. The number of ether oxygens (including phenoxy) is 1. The van der Waals surface area contributed by atoms with Crippen LogP contribution in [0.1, 0.15) is 41.8 Å². The number of hydrogen-bond donors (Lipinski definition) is 1. The van der Waals surface area contributed by atoms with Gasteiger partial charge in [-0.25, -0.2) is 4.79 Å². The average Bonchev–Trinajstić information content (AvgIpc) is 3.52. The molecule has 9 heteroatoms. The number of para-hydroxylation sites is 1. The number of halogens is 2. The molecule has 1 aliphatic heterocycles. The first-order chi connectivity index (χ1) is 17.8. The van der Waals surface area contributed by atoms with Gasteiger partial charge < -0.3 is 10.1 Å². The summed E-state index contributed by atoms with van der Waals surface area (Å²) in [6.45, 7) is 3.59. The second kappa shape index (κ2) is 10.1. The fourth-order valence-corrected chi connectivity index (χ4v) is 7.04. The summed E-state index contributed by atoms with van der Waals surface area (Å²) in [5, 5.41) is 2.23. The van der Waals surface area contributed by atoms with Crippen molar-refractivity contribution in [2.45, 2.75) is 43.9 Å². The molecule has 1 saturated heterocycles. The van der Waals surface area contributed by atoms with Crippen LogP contribution in [0, 0.1) is 23.7 Å². The number of hydrogen-bond acceptors (Lipinski definition) is 5. The van der Waals surface area contributed by atoms with Gasteiger partial charge in [0.1, 0.15) is 0 Å². The molecule has 1 heterocycles. The Bertz CT molecular complexity index is 1210. The van der Waals surface area contributed by atoms with Gasteiger partial charge >= 0.3 is 5.97 Å². The minimum atomic E-state index is -0.676. The lowest BCUT2D eigenvalue weighted by Gasteiger charge is -2.28. The van der Waals surface area contributed by atoms with Crippen molar-refractivity contribution in [2.75, 3.05) is 16.8 Å². The van der Waals surface area contributed by atoms with Crippen LogP contribution in [-0.2, 0) is 32.0 Å². The van der Waals surface area contributed by atoms with Crippen LogP contribution in [0.4, 0.5) is 11.4 Å². The van der Waals surface area contributed by atoms with E-state index in [2.05, 4.69) is 5.32 Å². The number of nitrogens with one attached hydrogen (secondary N) is 1. The topological polar surface area (TPSA) is 92.8 Å². The average molecular weight is 543 g/mol. The van der Waals surface area contributed by atoms with Crippen LogP contribution < -0.4 is 10.2 Å². The van der Waals surface area contributed by atoms with Gasteiger partial charge in [-0.3, -0.25) is 19.3 Å². The van der Waals surface area contributed by atoms with Crippen molar-refractivity contribution in [3.05, 3.63) is 59.2 Å². The number of carbonyl (C=O) groups is 4. The Morgan fingerprint density at radius 3 is 1.97 bits per heavy atom. The molecule has 194 valence electrons. The molecule has 2 bridgehead atoms. The Hall–Kier alpha value is -2.90. The summed E-state index contributed by atoms with van der Waals surface area (Å²) in [6, 6.07) is 11.9. The third-order valence-corrected chi connectivity index (χ3v) is 9.27. The molecule has 3 amide bonds. The van der Waals surface area contributed by atoms with Crippen LogP contribution in [-0.4, -0.2) is 41.1 Å². The first-order valence-electron chi connectivity index (χ1n) is 12.6. The maximum atomic E-state index is 13.1. The summed E-state index contributed by atoms with van der Waals surface area (Å²) in [7, 11) is 0. The van der Waals surface area contributed by atoms with E-state index in [9.17, 15) is 19.2 Å². The van der Waals surface area contributed by atoms with E-state index < -0.39 is 30.3 Å². The molecular formula is C28H28Cl2N2O5. The standard InChI is InChI=1S/C28H28Cl2N2O5/c1-3-14-6-5-7-15(4-2)25(14)31-20(33)13-37-28(36)16-8-10-17(11-9-16)32-26(34)21-18-12-19(22(21)27(32)35)24(30)23(18)29/h5-11,18-19,21-24H,3-4,12-13H2,1-2H3,(H,31,33)/t18-,19-,21-,22+,23-,24+/m1/s1. The van der Waals surface area contributed by atoms with E-state index >= 15 is 0 Å². The third-order valence-electron chi connectivity index (χ3n) is 7.95. The van der Waals surface area contributed by atoms with Crippen molar-refractivity contribution in [1.82, 2.24) is 0 Å². The van der Waals surface area contributed by atoms with E-state index in [1.54, 1.807) is 0 Å². The largest absolute Gasteiger partial charge is 0.452 e. The van der Waals surface area contributed by atoms with Crippen LogP contribution in [0.3, 0.4) is 0 Å². The van der Waals surface area contributed by atoms with Crippen molar-refractivity contribution in [2.24, 2.45) is 23.7 Å². The van der Waals surface area contributed by atoms with E-state index in [1.807, 2.05) is 32.0 Å². The molecule has 2 saturated carbocycles. The summed E-state index contributed by atoms with van der Waals surface area (Å²) in [6.07, 6.45) is 2.23. The van der Waals surface area contributed by atoms with Crippen LogP contribution in [0.5, 0.6) is 0 Å². The van der Waals surface area contributed by atoms with E-state index in [4.69, 9.17) is 27.9 Å². The number of esters is 1. The Morgan fingerprint density at radius 1 is 0.919 bits per heavy atom. The molecule has 3 aliphatic rings. The second-order valence-electron chi connectivity index (χ2n) is 9.85. The SMILES string of the molecule is CCc1cccc(CC)c1NC(=O)COC(=O)c1ccc(N2C(=O)[C@@H]3[C@H]4C[C@@H]([C@H](Cl)[C@@H]4Cl)[C@@H]3C2=O)cc1. The molecule has 0 aromatic heterocycles. The fraction of sp³-hybridized carbons (Fsp3) is 0.429. The molecular weight excluding hydrogens is 515 g/mol. The van der Waals surface area contributed by atoms with E-state index in [0.717, 1.165) is 29.7 Å². The first-order valence-corrected chi connectivity index (χ1v) is 13.5. The Balaban J connectivity index is 1.22. The summed E-state index contributed by atoms with van der Waals surface area (Å²) in [5.74, 6) is -2.70. The maximum Gasteiger partial charge on any atom is 0.338 e. The summed E-state index contributed by atoms with van der Waals surface area (Å²) in [4.78, 5) is 52.5. The van der Waals surface area contributed by atoms with E-state index in [0.29, 0.717) is 12.1 Å². The zero-order chi connectivity index (χ0) is 26.4. The molecule has 7 nitrogen and oxygen atoms in total. The molecule has 2 aromatic rings. The zero-order valence-corrected chi connectivity index (χ0v) is 22.1. The maximum absolute atomic E-state index is 13.1. The highest BCUT2D eigenvalue weighted by Crippen LogP contribution is 2.59. The van der Waals surface area contributed by atoms with Crippen LogP contribution in [0.15, 0.2) is 42.5 Å². The fourth-order valence-electron chi connectivity index (χ4n) is 6.14. The van der Waals surface area contributed by atoms with Crippen LogP contribution in [0.25, 0.3) is 0 Å². The van der Waals surface area contributed by atoms with Gasteiger partial charge in [0, 0.05) is 5.69 Å². The smallest absolute Gasteiger partial charge is 0.338 e. The lowest BCUT2D eigenvalue weighted by atomic mass is 9.80. The lowest BCUT2D eigenvalue weighted by Crippen LogP contribution is -2.37. The van der Waals surface area contributed by atoms with Crippen molar-refractivity contribution in [3.63, 3.8) is 0 Å². The number of fused-ring (bicyclic) bond motifs is 5. The number of rotatable bonds is 7. The van der Waals surface area contributed by atoms with Gasteiger partial charge in [-0.05, 0) is 66.5 Å². The van der Waals surface area contributed by atoms with Crippen molar-refractivity contribution in [1.29, 1.82) is 0 Å². The minimum absolute atomic E-state index is 0.0984. The van der Waals surface area contributed by atoms with Gasteiger partial charge in [-0.15, -0.1) is 23.2 Å². The van der Waals surface area contributed by atoms with Crippen LogP contribution >= 0.6 is 23.2 Å². The van der Waals surface area contributed by atoms with Gasteiger partial charge in [0.15, 0.2) is 6.61 Å². The molecule has 0 radical (unpaired) electrons. The Kier molecular flexibility index (Phi) is 7.03. The predicted octanol–water partition coefficient (Wildman–Crippen LogP) is 4.58. The number of imide groups is 1. The molecule has 2 aromatic carbocycles. The highest BCUT2D eigenvalue weighted by Gasteiger charge is 2.66. The Morgan fingerprint density at radius 2 is 1.46 bits per heavy atom. The molecule has 3 fully saturated rings. The molecule has 6 atom stereocenters. The van der Waals surface area contributed by atoms with Gasteiger partial charge in [0.25, 0.3) is 5.91 Å². The number of carbonyl (C=O) groups excluding carboxylic acids is 4. The number of amides is 3. The molecule has 0 unspecified atom stereocenters. The number of anilines is 2. The molecule has 0 spiro atoms. The summed E-state index contributed by atoms with van der Waals surface area (Å²) < 4.78 is 5.21. The first kappa shape index (κ1) is 25.7. The highest BCUT2D eigenvalue weighted by molar-refractivity contribution is 6.32. The third kappa shape index (κ3) is 4.32. The number of nitrogens with zero attached hydrogens (tertiary/aromatic N) is 1. The van der Waals surface area contributed by atoms with Gasteiger partial charge in [0.05, 0.1) is 33.8 Å². The van der Waals surface area contributed by atoms with Gasteiger partial charge in [-0.2, -0.15) is 0 Å². The van der Waals surface area contributed by atoms with Crippen molar-refractivity contribution in [3.8, 4) is 0 Å². The molecule has 5 rings (SSSR count). The second-order valence-corrected chi connectivity index (χ2v) is 10.9. The molecule has 2 aliphatic carbocycles. The predicted molar refractivity (Wildman–Crippen MR) is 141 cm³/mol. The number of benzene rings is 2. The summed E-state index contributed by atoms with van der Waals surface area (Å²) >= 11 is 12.8. The van der Waals surface area contributed by atoms with Crippen molar-refractivity contribution >= 4 is 58.3 Å². The summed E-state index contributed by atoms with van der Waals surface area (Å²) in [5.41, 5.74) is 3.39. The zero-order valence-electron chi connectivity index (χ0n) is 20.6. The number of alkyl halides is 2. The number of aryl methyl sites for hydroxylation is 2. The van der Waals surface area contributed by atoms with Crippen LogP contribution in [0.2, 0.25) is 0 Å². The minimum Gasteiger partial charge on any atom is -0.452 e. The van der Waals surface area contributed by atoms with E-state index in [-0.39, 0.29) is 40.0 Å². The van der Waals surface area contributed by atoms with Gasteiger partial charge in [-0.1, -0.05) is 32.0 Å². The molecule has 37 heavy (non-hydrogen) atoms. The van der Waals surface area contributed by atoms with E-state index in [1.165, 1.54) is 29.2 Å². The monoisotopic (exact) mass is 542 g/mol. The lowest BCUT2D eigenvalue weighted by molar-refractivity contribution is -0.123. The Labute approximate surface area is 225 Å². The normalized spacial score (nSPS) is 27.9. The highest BCUT2D eigenvalue weighted by atomic mass is 35.5.